The lowest BCUT2D eigenvalue weighted by Crippen LogP contribution is -2.09. The van der Waals surface area contributed by atoms with Crippen LogP contribution < -0.4 is 4.74 Å². The molecule has 0 spiro atoms. The van der Waals surface area contributed by atoms with E-state index < -0.39 is 17.5 Å². The molecule has 0 saturated carbocycles. The van der Waals surface area contributed by atoms with E-state index in [1.54, 1.807) is 19.1 Å². The number of hydrogen-bond acceptors (Lipinski definition) is 2. The van der Waals surface area contributed by atoms with E-state index in [9.17, 15) is 13.2 Å². The van der Waals surface area contributed by atoms with Crippen LogP contribution in [0, 0.1) is 17.5 Å². The predicted molar refractivity (Wildman–Crippen MR) is 116 cm³/mol. The minimum Gasteiger partial charge on any atom is -0.491 e. The third-order valence-corrected chi connectivity index (χ3v) is 5.04. The van der Waals surface area contributed by atoms with Crippen LogP contribution in [-0.4, -0.2) is 19.3 Å². The first-order chi connectivity index (χ1) is 14.4. The predicted octanol–water partition coefficient (Wildman–Crippen LogP) is 7.56. The van der Waals surface area contributed by atoms with Gasteiger partial charge < -0.3 is 9.47 Å². The van der Waals surface area contributed by atoms with Crippen molar-refractivity contribution in [3.63, 3.8) is 0 Å². The van der Waals surface area contributed by atoms with Crippen LogP contribution in [0.25, 0.3) is 16.7 Å². The van der Waals surface area contributed by atoms with Gasteiger partial charge >= 0.3 is 0 Å². The Balaban J connectivity index is 2.19. The zero-order valence-corrected chi connectivity index (χ0v) is 18.2. The number of hydrogen-bond donors (Lipinski definition) is 0. The fourth-order valence-corrected chi connectivity index (χ4v) is 3.27. The highest BCUT2D eigenvalue weighted by molar-refractivity contribution is 5.72. The largest absolute Gasteiger partial charge is 0.491 e. The van der Waals surface area contributed by atoms with Crippen LogP contribution in [0.3, 0.4) is 0 Å². The van der Waals surface area contributed by atoms with Crippen LogP contribution in [0.2, 0.25) is 0 Å². The molecule has 0 aromatic heterocycles. The first-order valence-electron chi connectivity index (χ1n) is 10.6. The van der Waals surface area contributed by atoms with Gasteiger partial charge in [-0.05, 0) is 63.3 Å². The summed E-state index contributed by atoms with van der Waals surface area (Å²) in [6.45, 7) is 8.68. The molecule has 30 heavy (non-hydrogen) atoms. The van der Waals surface area contributed by atoms with Gasteiger partial charge in [0.15, 0.2) is 23.2 Å². The first kappa shape index (κ1) is 24.0. The van der Waals surface area contributed by atoms with Crippen LogP contribution in [0.5, 0.6) is 5.75 Å². The molecule has 2 aromatic carbocycles. The van der Waals surface area contributed by atoms with Crippen molar-refractivity contribution in [2.75, 3.05) is 13.2 Å². The molecule has 0 bridgehead atoms. The zero-order chi connectivity index (χ0) is 22.1. The zero-order valence-electron chi connectivity index (χ0n) is 18.2. The van der Waals surface area contributed by atoms with E-state index in [1.165, 1.54) is 18.2 Å². The van der Waals surface area contributed by atoms with Gasteiger partial charge in [-0.15, -0.1) is 0 Å². The highest BCUT2D eigenvalue weighted by Crippen LogP contribution is 2.33. The molecule has 164 valence electrons. The van der Waals surface area contributed by atoms with E-state index in [1.807, 2.05) is 13.8 Å². The Hall–Kier alpha value is -2.27. The van der Waals surface area contributed by atoms with Crippen molar-refractivity contribution < 1.29 is 22.6 Å². The fraction of sp³-hybridized carbons (Fsp3) is 0.440. The highest BCUT2D eigenvalue weighted by atomic mass is 19.2. The van der Waals surface area contributed by atoms with Gasteiger partial charge in [-0.1, -0.05) is 37.6 Å². The first-order valence-corrected chi connectivity index (χ1v) is 10.6. The van der Waals surface area contributed by atoms with Crippen LogP contribution in [0.1, 0.15) is 58.9 Å². The van der Waals surface area contributed by atoms with Gasteiger partial charge in [0, 0.05) is 17.7 Å². The van der Waals surface area contributed by atoms with Gasteiger partial charge in [-0.2, -0.15) is 0 Å². The van der Waals surface area contributed by atoms with Crippen LogP contribution >= 0.6 is 0 Å². The van der Waals surface area contributed by atoms with Gasteiger partial charge in [0.05, 0.1) is 12.7 Å². The van der Waals surface area contributed by atoms with Crippen LogP contribution in [0.4, 0.5) is 13.2 Å². The number of benzene rings is 2. The summed E-state index contributed by atoms with van der Waals surface area (Å²) in [5.41, 5.74) is 1.23. The standard InChI is InChI=1S/C25H31F3O2/c1-5-8-15-30-17(4)9-10-18(6-2)20-12-13-21(25(28)24(20)27)19-11-14-23(29-7-3)22(26)16-19/h6,11-14,16-17H,5,7-10,15H2,1-4H3/b18-6+. The van der Waals surface area contributed by atoms with Crippen molar-refractivity contribution in [3.05, 3.63) is 59.4 Å². The van der Waals surface area contributed by atoms with Crippen molar-refractivity contribution in [1.82, 2.24) is 0 Å². The number of unbranched alkanes of at least 4 members (excludes halogenated alkanes) is 1. The lowest BCUT2D eigenvalue weighted by molar-refractivity contribution is 0.0594. The second kappa shape index (κ2) is 11.8. The molecule has 0 saturated heterocycles. The van der Waals surface area contributed by atoms with Gasteiger partial charge in [-0.25, -0.2) is 13.2 Å². The maximum Gasteiger partial charge on any atom is 0.167 e. The third-order valence-electron chi connectivity index (χ3n) is 5.04. The molecule has 0 fully saturated rings. The molecule has 0 heterocycles. The molecule has 2 nitrogen and oxygen atoms in total. The van der Waals surface area contributed by atoms with E-state index in [0.717, 1.165) is 30.9 Å². The van der Waals surface area contributed by atoms with Gasteiger partial charge in [0.2, 0.25) is 0 Å². The third kappa shape index (κ3) is 6.11. The number of allylic oxidation sites excluding steroid dienone is 2. The highest BCUT2D eigenvalue weighted by Gasteiger charge is 2.18. The molecule has 0 N–H and O–H groups in total. The fourth-order valence-electron chi connectivity index (χ4n) is 3.27. The molecule has 0 aliphatic rings. The van der Waals surface area contributed by atoms with Gasteiger partial charge in [0.1, 0.15) is 0 Å². The quantitative estimate of drug-likeness (QED) is 0.349. The molecule has 0 amide bonds. The van der Waals surface area contributed by atoms with Gasteiger partial charge in [-0.3, -0.25) is 0 Å². The molecule has 1 atom stereocenters. The summed E-state index contributed by atoms with van der Waals surface area (Å²) in [5, 5.41) is 0. The Bertz CT molecular complexity index is 862. The molecular formula is C25H31F3O2. The van der Waals surface area contributed by atoms with E-state index >= 15 is 0 Å². The van der Waals surface area contributed by atoms with Gasteiger partial charge in [0.25, 0.3) is 0 Å². The van der Waals surface area contributed by atoms with Crippen molar-refractivity contribution in [1.29, 1.82) is 0 Å². The van der Waals surface area contributed by atoms with E-state index in [2.05, 4.69) is 6.92 Å². The monoisotopic (exact) mass is 420 g/mol. The maximum absolute atomic E-state index is 14.9. The van der Waals surface area contributed by atoms with Crippen molar-refractivity contribution in [2.24, 2.45) is 0 Å². The minimum atomic E-state index is -0.984. The molecule has 0 radical (unpaired) electrons. The summed E-state index contributed by atoms with van der Waals surface area (Å²) in [6.07, 6.45) is 5.22. The molecule has 0 aliphatic heterocycles. The maximum atomic E-state index is 14.9. The Labute approximate surface area is 177 Å². The summed E-state index contributed by atoms with van der Waals surface area (Å²) in [4.78, 5) is 0. The lowest BCUT2D eigenvalue weighted by atomic mass is 9.95. The average Bonchev–Trinajstić information content (AvgIpc) is 2.73. The number of rotatable bonds is 11. The van der Waals surface area contributed by atoms with Crippen molar-refractivity contribution in [2.45, 2.75) is 59.5 Å². The Morgan fingerprint density at radius 1 is 1.07 bits per heavy atom. The molecule has 0 aliphatic carbocycles. The van der Waals surface area contributed by atoms with Crippen molar-refractivity contribution >= 4 is 5.57 Å². The summed E-state index contributed by atoms with van der Waals surface area (Å²) < 4.78 is 54.8. The smallest absolute Gasteiger partial charge is 0.167 e. The topological polar surface area (TPSA) is 18.5 Å². The molecule has 5 heteroatoms. The molecule has 2 aromatic rings. The van der Waals surface area contributed by atoms with E-state index in [-0.39, 0.29) is 28.5 Å². The van der Waals surface area contributed by atoms with E-state index in [4.69, 9.17) is 9.47 Å². The minimum absolute atomic E-state index is 0.0184. The molecule has 2 rings (SSSR count). The Morgan fingerprint density at radius 2 is 1.83 bits per heavy atom. The SMILES string of the molecule is C/C=C(\CCC(C)OCCCC)c1ccc(-c2ccc(OCC)c(F)c2)c(F)c1F. The second-order valence-corrected chi connectivity index (χ2v) is 7.25. The second-order valence-electron chi connectivity index (χ2n) is 7.25. The van der Waals surface area contributed by atoms with Crippen molar-refractivity contribution in [3.8, 4) is 16.9 Å². The van der Waals surface area contributed by atoms with Crippen LogP contribution in [-0.2, 0) is 4.74 Å². The Kier molecular flexibility index (Phi) is 9.44. The molecule has 1 unspecified atom stereocenters. The summed E-state index contributed by atoms with van der Waals surface area (Å²) in [6, 6.07) is 7.16. The normalized spacial score (nSPS) is 12.8. The van der Waals surface area contributed by atoms with E-state index in [0.29, 0.717) is 19.6 Å². The summed E-state index contributed by atoms with van der Waals surface area (Å²) >= 11 is 0. The summed E-state index contributed by atoms with van der Waals surface area (Å²) in [5.74, 6) is -2.42. The number of halogens is 3. The summed E-state index contributed by atoms with van der Waals surface area (Å²) in [7, 11) is 0. The molecular weight excluding hydrogens is 389 g/mol. The van der Waals surface area contributed by atoms with Crippen LogP contribution in [0.15, 0.2) is 36.4 Å². The average molecular weight is 421 g/mol. The Morgan fingerprint density at radius 3 is 2.47 bits per heavy atom. The number of ether oxygens (including phenoxy) is 2. The lowest BCUT2D eigenvalue weighted by Gasteiger charge is -2.16.